The molecule has 1 saturated heterocycles. The monoisotopic (exact) mass is 441 g/mol. The van der Waals surface area contributed by atoms with Crippen molar-refractivity contribution in [3.8, 4) is 11.5 Å². The van der Waals surface area contributed by atoms with Gasteiger partial charge in [-0.15, -0.1) is 0 Å². The van der Waals surface area contributed by atoms with Crippen LogP contribution in [0.3, 0.4) is 0 Å². The lowest BCUT2D eigenvalue weighted by atomic mass is 10.2. The van der Waals surface area contributed by atoms with E-state index < -0.39 is 0 Å². The second-order valence-corrected chi connectivity index (χ2v) is 8.01. The van der Waals surface area contributed by atoms with Gasteiger partial charge in [-0.1, -0.05) is 0 Å². The number of aromatic nitrogens is 1. The van der Waals surface area contributed by atoms with Crippen LogP contribution in [0.4, 0.5) is 0 Å². The summed E-state index contributed by atoms with van der Waals surface area (Å²) in [5.74, 6) is 2.12. The Bertz CT molecular complexity index is 1040. The Morgan fingerprint density at radius 3 is 2.47 bits per heavy atom. The number of methoxy groups -OCH3 is 2. The van der Waals surface area contributed by atoms with E-state index in [2.05, 4.69) is 10.2 Å². The maximum Gasteiger partial charge on any atom is 0.268 e. The van der Waals surface area contributed by atoms with Crippen LogP contribution >= 0.6 is 0 Å². The largest absolute Gasteiger partial charge is 0.497 e. The Morgan fingerprint density at radius 2 is 1.78 bits per heavy atom. The number of morpholine rings is 1. The van der Waals surface area contributed by atoms with Crippen molar-refractivity contribution in [3.63, 3.8) is 0 Å². The lowest BCUT2D eigenvalue weighted by Gasteiger charge is -2.26. The van der Waals surface area contributed by atoms with Crippen molar-refractivity contribution < 1.29 is 23.4 Å². The summed E-state index contributed by atoms with van der Waals surface area (Å²) in [4.78, 5) is 15.4. The fourth-order valence-corrected chi connectivity index (χ4v) is 4.08. The Labute approximate surface area is 188 Å². The minimum Gasteiger partial charge on any atom is -0.497 e. The molecule has 4 rings (SSSR count). The summed E-state index contributed by atoms with van der Waals surface area (Å²) in [7, 11) is 3.25. The Morgan fingerprint density at radius 1 is 1.06 bits per heavy atom. The standard InChI is InChI=1S/C24H31N3O5/c1-17-11-21-23(32-17)15-22(24(28)25-5-4-6-26-7-9-31-10-8-26)27(21)16-18-12-19(29-2)14-20(13-18)30-3/h11-15H,4-10,16H2,1-3H3,(H,25,28). The third kappa shape index (κ3) is 5.08. The number of amides is 1. The van der Waals surface area contributed by atoms with E-state index in [1.165, 1.54) is 0 Å². The van der Waals surface area contributed by atoms with E-state index in [1.807, 2.05) is 41.8 Å². The summed E-state index contributed by atoms with van der Waals surface area (Å²) in [6.45, 7) is 7.45. The average molecular weight is 442 g/mol. The summed E-state index contributed by atoms with van der Waals surface area (Å²) in [5.41, 5.74) is 3.14. The quantitative estimate of drug-likeness (QED) is 0.514. The van der Waals surface area contributed by atoms with Crippen molar-refractivity contribution in [2.24, 2.45) is 0 Å². The van der Waals surface area contributed by atoms with E-state index in [0.717, 1.165) is 56.1 Å². The molecule has 1 N–H and O–H groups in total. The maximum atomic E-state index is 13.0. The molecule has 1 fully saturated rings. The molecule has 8 nitrogen and oxygen atoms in total. The number of rotatable bonds is 9. The fraction of sp³-hybridized carbons (Fsp3) is 0.458. The predicted molar refractivity (Wildman–Crippen MR) is 122 cm³/mol. The molecule has 2 aromatic heterocycles. The van der Waals surface area contributed by atoms with Gasteiger partial charge in [0.2, 0.25) is 0 Å². The van der Waals surface area contributed by atoms with Gasteiger partial charge in [-0.2, -0.15) is 0 Å². The molecule has 1 aromatic carbocycles. The van der Waals surface area contributed by atoms with Crippen molar-refractivity contribution in [2.45, 2.75) is 19.9 Å². The molecule has 32 heavy (non-hydrogen) atoms. The van der Waals surface area contributed by atoms with Gasteiger partial charge >= 0.3 is 0 Å². The molecule has 1 amide bonds. The lowest BCUT2D eigenvalue weighted by molar-refractivity contribution is 0.0374. The molecule has 8 heteroatoms. The van der Waals surface area contributed by atoms with Gasteiger partial charge in [0.05, 0.1) is 33.0 Å². The summed E-state index contributed by atoms with van der Waals surface area (Å²) in [6.07, 6.45) is 0.898. The van der Waals surface area contributed by atoms with E-state index >= 15 is 0 Å². The van der Waals surface area contributed by atoms with Crippen LogP contribution in [0.25, 0.3) is 11.1 Å². The number of nitrogens with one attached hydrogen (secondary N) is 1. The first-order valence-electron chi connectivity index (χ1n) is 11.0. The van der Waals surface area contributed by atoms with Gasteiger partial charge in [0.15, 0.2) is 5.58 Å². The van der Waals surface area contributed by atoms with Crippen LogP contribution < -0.4 is 14.8 Å². The minimum absolute atomic E-state index is 0.106. The van der Waals surface area contributed by atoms with Crippen molar-refractivity contribution >= 4 is 17.0 Å². The second-order valence-electron chi connectivity index (χ2n) is 8.01. The van der Waals surface area contributed by atoms with Crippen molar-refractivity contribution in [1.82, 2.24) is 14.8 Å². The van der Waals surface area contributed by atoms with E-state index in [0.29, 0.717) is 35.9 Å². The van der Waals surface area contributed by atoms with Crippen molar-refractivity contribution in [1.29, 1.82) is 0 Å². The van der Waals surface area contributed by atoms with Crippen LogP contribution in [-0.4, -0.2) is 69.0 Å². The first kappa shape index (κ1) is 22.2. The smallest absolute Gasteiger partial charge is 0.268 e. The van der Waals surface area contributed by atoms with E-state index in [1.54, 1.807) is 14.2 Å². The average Bonchev–Trinajstić information content (AvgIpc) is 3.33. The molecule has 0 atom stereocenters. The molecule has 1 aliphatic rings. The molecule has 0 saturated carbocycles. The summed E-state index contributed by atoms with van der Waals surface area (Å²) < 4.78 is 24.0. The number of hydrogen-bond acceptors (Lipinski definition) is 6. The van der Waals surface area contributed by atoms with Crippen LogP contribution in [0.1, 0.15) is 28.2 Å². The topological polar surface area (TPSA) is 78.1 Å². The van der Waals surface area contributed by atoms with Gasteiger partial charge < -0.3 is 28.5 Å². The van der Waals surface area contributed by atoms with Gasteiger partial charge in [-0.05, 0) is 37.6 Å². The Balaban J connectivity index is 1.50. The first-order valence-corrected chi connectivity index (χ1v) is 11.0. The van der Waals surface area contributed by atoms with Gasteiger partial charge in [-0.3, -0.25) is 9.69 Å². The first-order chi connectivity index (χ1) is 15.6. The molecule has 0 spiro atoms. The van der Waals surface area contributed by atoms with Gasteiger partial charge in [0.1, 0.15) is 23.0 Å². The second kappa shape index (κ2) is 10.1. The number of benzene rings is 1. The number of aryl methyl sites for hydroxylation is 1. The third-order valence-electron chi connectivity index (χ3n) is 5.74. The zero-order valence-electron chi connectivity index (χ0n) is 19.0. The SMILES string of the molecule is COc1cc(Cn2c(C(=O)NCCCN3CCOCC3)cc3oc(C)cc32)cc(OC)c1. The molecule has 3 heterocycles. The number of hydrogen-bond donors (Lipinski definition) is 1. The summed E-state index contributed by atoms with van der Waals surface area (Å²) in [6, 6.07) is 9.51. The minimum atomic E-state index is -0.106. The Hall–Kier alpha value is -2.97. The number of fused-ring (bicyclic) bond motifs is 1. The van der Waals surface area contributed by atoms with Crippen LogP contribution in [-0.2, 0) is 11.3 Å². The van der Waals surface area contributed by atoms with Crippen molar-refractivity contribution in [3.05, 3.63) is 47.3 Å². The fourth-order valence-electron chi connectivity index (χ4n) is 4.08. The van der Waals surface area contributed by atoms with Gasteiger partial charge in [0.25, 0.3) is 5.91 Å². The summed E-state index contributed by atoms with van der Waals surface area (Å²) in [5, 5.41) is 3.07. The van der Waals surface area contributed by atoms with E-state index in [9.17, 15) is 4.79 Å². The summed E-state index contributed by atoms with van der Waals surface area (Å²) >= 11 is 0. The molecule has 0 aliphatic carbocycles. The zero-order chi connectivity index (χ0) is 22.5. The third-order valence-corrected chi connectivity index (χ3v) is 5.74. The Kier molecular flexibility index (Phi) is 7.02. The van der Waals surface area contributed by atoms with Crippen LogP contribution in [0.5, 0.6) is 11.5 Å². The highest BCUT2D eigenvalue weighted by atomic mass is 16.5. The lowest BCUT2D eigenvalue weighted by Crippen LogP contribution is -2.38. The highest BCUT2D eigenvalue weighted by molar-refractivity contribution is 5.97. The number of ether oxygens (including phenoxy) is 3. The molecule has 172 valence electrons. The number of furan rings is 1. The number of carbonyl (C=O) groups excluding carboxylic acids is 1. The van der Waals surface area contributed by atoms with Gasteiger partial charge in [-0.25, -0.2) is 0 Å². The number of carbonyl (C=O) groups is 1. The maximum absolute atomic E-state index is 13.0. The van der Waals surface area contributed by atoms with Crippen LogP contribution in [0.15, 0.2) is 34.7 Å². The molecular formula is C24H31N3O5. The van der Waals surface area contributed by atoms with Crippen LogP contribution in [0, 0.1) is 6.92 Å². The van der Waals surface area contributed by atoms with Crippen molar-refractivity contribution in [2.75, 3.05) is 53.6 Å². The normalized spacial score (nSPS) is 14.6. The van der Waals surface area contributed by atoms with Crippen LogP contribution in [0.2, 0.25) is 0 Å². The predicted octanol–water partition coefficient (Wildman–Crippen LogP) is 3.06. The highest BCUT2D eigenvalue weighted by Crippen LogP contribution is 2.28. The molecule has 0 radical (unpaired) electrons. The van der Waals surface area contributed by atoms with Gasteiger partial charge in [0, 0.05) is 44.4 Å². The highest BCUT2D eigenvalue weighted by Gasteiger charge is 2.19. The van der Waals surface area contributed by atoms with E-state index in [4.69, 9.17) is 18.6 Å². The molecular weight excluding hydrogens is 410 g/mol. The molecule has 0 unspecified atom stereocenters. The van der Waals surface area contributed by atoms with E-state index in [-0.39, 0.29) is 5.91 Å². The molecule has 3 aromatic rings. The molecule has 1 aliphatic heterocycles. The molecule has 0 bridgehead atoms. The number of nitrogens with zero attached hydrogens (tertiary/aromatic N) is 2. The zero-order valence-corrected chi connectivity index (χ0v) is 19.0.